The number of aryl methyl sites for hydroxylation is 1. The summed E-state index contributed by atoms with van der Waals surface area (Å²) in [6.45, 7) is -1.10. The van der Waals surface area contributed by atoms with Gasteiger partial charge in [0.1, 0.15) is 5.75 Å². The summed E-state index contributed by atoms with van der Waals surface area (Å²) in [5.74, 6) is -0.617. The van der Waals surface area contributed by atoms with Crippen molar-refractivity contribution in [3.63, 3.8) is 0 Å². The largest absolute Gasteiger partial charge is 0.435 e. The first-order valence-corrected chi connectivity index (χ1v) is 10.3. The van der Waals surface area contributed by atoms with E-state index in [1.807, 2.05) is 6.92 Å². The third-order valence-electron chi connectivity index (χ3n) is 4.08. The van der Waals surface area contributed by atoms with Gasteiger partial charge in [-0.15, -0.1) is 0 Å². The molecule has 2 N–H and O–H groups in total. The summed E-state index contributed by atoms with van der Waals surface area (Å²) in [5, 5.41) is 2.60. The second-order valence-electron chi connectivity index (χ2n) is 6.32. The molecule has 30 heavy (non-hydrogen) atoms. The van der Waals surface area contributed by atoms with Gasteiger partial charge in [-0.3, -0.25) is 9.52 Å². The van der Waals surface area contributed by atoms with Crippen molar-refractivity contribution in [1.82, 2.24) is 0 Å². The second kappa shape index (κ2) is 8.91. The fraction of sp³-hybridized carbons (Fsp3) is 0.0952. The number of hydrogen-bond acceptors (Lipinski definition) is 4. The molecule has 0 aromatic heterocycles. The number of anilines is 2. The molecule has 0 aliphatic rings. The minimum absolute atomic E-state index is 0.0470. The number of carbonyl (C=O) groups is 1. The van der Waals surface area contributed by atoms with Gasteiger partial charge in [0.25, 0.3) is 15.9 Å². The van der Waals surface area contributed by atoms with Crippen LogP contribution in [0.5, 0.6) is 5.75 Å². The Morgan fingerprint density at radius 2 is 1.57 bits per heavy atom. The molecule has 0 fully saturated rings. The van der Waals surface area contributed by atoms with Crippen LogP contribution < -0.4 is 14.8 Å². The van der Waals surface area contributed by atoms with Crippen molar-refractivity contribution in [2.45, 2.75) is 18.4 Å². The Bertz CT molecular complexity index is 1130. The van der Waals surface area contributed by atoms with Gasteiger partial charge in [0.2, 0.25) is 0 Å². The van der Waals surface area contributed by atoms with Gasteiger partial charge in [-0.1, -0.05) is 29.8 Å². The van der Waals surface area contributed by atoms with Crippen LogP contribution in [-0.4, -0.2) is 20.9 Å². The lowest BCUT2D eigenvalue weighted by atomic mass is 10.1. The molecule has 9 heteroatoms. The van der Waals surface area contributed by atoms with Crippen molar-refractivity contribution in [2.24, 2.45) is 0 Å². The maximum atomic E-state index is 12.7. The smallest absolute Gasteiger partial charge is 0.387 e. The average molecular weight is 432 g/mol. The van der Waals surface area contributed by atoms with E-state index in [1.165, 1.54) is 48.5 Å². The highest BCUT2D eigenvalue weighted by Gasteiger charge is 2.18. The van der Waals surface area contributed by atoms with E-state index in [0.717, 1.165) is 5.56 Å². The Kier molecular flexibility index (Phi) is 6.31. The number of halogens is 2. The van der Waals surface area contributed by atoms with Gasteiger partial charge in [-0.25, -0.2) is 8.42 Å². The minimum atomic E-state index is -3.89. The van der Waals surface area contributed by atoms with E-state index in [4.69, 9.17) is 0 Å². The SMILES string of the molecule is Cc1ccc(S(=O)(=O)Nc2ccccc2C(=O)Nc2ccc(OC(F)F)cc2)cc1. The number of para-hydroxylation sites is 1. The molecule has 156 valence electrons. The van der Waals surface area contributed by atoms with Crippen LogP contribution in [0, 0.1) is 6.92 Å². The van der Waals surface area contributed by atoms with Gasteiger partial charge in [-0.05, 0) is 55.5 Å². The first-order chi connectivity index (χ1) is 14.2. The van der Waals surface area contributed by atoms with E-state index in [1.54, 1.807) is 24.3 Å². The third-order valence-corrected chi connectivity index (χ3v) is 5.47. The minimum Gasteiger partial charge on any atom is -0.435 e. The Balaban J connectivity index is 1.79. The number of amides is 1. The molecule has 0 unspecified atom stereocenters. The summed E-state index contributed by atoms with van der Waals surface area (Å²) in [6, 6.07) is 17.8. The number of ether oxygens (including phenoxy) is 1. The van der Waals surface area contributed by atoms with Crippen LogP contribution in [0.2, 0.25) is 0 Å². The Morgan fingerprint density at radius 1 is 0.933 bits per heavy atom. The summed E-state index contributed by atoms with van der Waals surface area (Å²) >= 11 is 0. The topological polar surface area (TPSA) is 84.5 Å². The van der Waals surface area contributed by atoms with Crippen LogP contribution >= 0.6 is 0 Å². The predicted molar refractivity (Wildman–Crippen MR) is 109 cm³/mol. The lowest BCUT2D eigenvalue weighted by Crippen LogP contribution is -2.18. The van der Waals surface area contributed by atoms with Crippen molar-refractivity contribution in [2.75, 3.05) is 10.0 Å². The zero-order chi connectivity index (χ0) is 21.7. The van der Waals surface area contributed by atoms with E-state index < -0.39 is 22.5 Å². The summed E-state index contributed by atoms with van der Waals surface area (Å²) in [5.41, 5.74) is 1.45. The monoisotopic (exact) mass is 432 g/mol. The molecular weight excluding hydrogens is 414 g/mol. The highest BCUT2D eigenvalue weighted by atomic mass is 32.2. The summed E-state index contributed by atoms with van der Waals surface area (Å²) in [4.78, 5) is 12.7. The molecule has 3 rings (SSSR count). The van der Waals surface area contributed by atoms with Crippen molar-refractivity contribution >= 4 is 27.3 Å². The van der Waals surface area contributed by atoms with Crippen molar-refractivity contribution in [3.05, 3.63) is 83.9 Å². The van der Waals surface area contributed by atoms with Gasteiger partial charge in [-0.2, -0.15) is 8.78 Å². The molecule has 0 aliphatic heterocycles. The number of nitrogens with one attached hydrogen (secondary N) is 2. The highest BCUT2D eigenvalue weighted by molar-refractivity contribution is 7.92. The van der Waals surface area contributed by atoms with E-state index in [9.17, 15) is 22.0 Å². The quantitative estimate of drug-likeness (QED) is 0.569. The molecule has 0 saturated heterocycles. The molecule has 0 spiro atoms. The predicted octanol–water partition coefficient (Wildman–Crippen LogP) is 4.65. The van der Waals surface area contributed by atoms with Gasteiger partial charge >= 0.3 is 6.61 Å². The summed E-state index contributed by atoms with van der Waals surface area (Å²) < 4.78 is 56.4. The molecule has 0 aliphatic carbocycles. The van der Waals surface area contributed by atoms with Crippen LogP contribution in [0.1, 0.15) is 15.9 Å². The zero-order valence-electron chi connectivity index (χ0n) is 15.8. The maximum absolute atomic E-state index is 12.7. The molecule has 6 nitrogen and oxygen atoms in total. The maximum Gasteiger partial charge on any atom is 0.387 e. The molecule has 0 saturated carbocycles. The Morgan fingerprint density at radius 3 is 2.20 bits per heavy atom. The highest BCUT2D eigenvalue weighted by Crippen LogP contribution is 2.23. The van der Waals surface area contributed by atoms with Crippen LogP contribution in [0.3, 0.4) is 0 Å². The first-order valence-electron chi connectivity index (χ1n) is 8.79. The van der Waals surface area contributed by atoms with Crippen molar-refractivity contribution < 1.29 is 26.7 Å². The molecule has 0 heterocycles. The standard InChI is InChI=1S/C21H18F2N2O4S/c1-14-6-12-17(13-7-14)30(27,28)25-19-5-3-2-4-18(19)20(26)24-15-8-10-16(11-9-15)29-21(22)23/h2-13,21,25H,1H3,(H,24,26). The fourth-order valence-electron chi connectivity index (χ4n) is 2.61. The molecule has 3 aromatic rings. The van der Waals surface area contributed by atoms with E-state index in [2.05, 4.69) is 14.8 Å². The van der Waals surface area contributed by atoms with E-state index in [-0.39, 0.29) is 21.9 Å². The molecule has 0 radical (unpaired) electrons. The van der Waals surface area contributed by atoms with Crippen LogP contribution in [0.15, 0.2) is 77.7 Å². The lowest BCUT2D eigenvalue weighted by molar-refractivity contribution is -0.0498. The third kappa shape index (κ3) is 5.32. The van der Waals surface area contributed by atoms with Crippen LogP contribution in [0.25, 0.3) is 0 Å². The zero-order valence-corrected chi connectivity index (χ0v) is 16.6. The van der Waals surface area contributed by atoms with Gasteiger partial charge < -0.3 is 10.1 Å². The normalized spacial score (nSPS) is 11.2. The van der Waals surface area contributed by atoms with Crippen LogP contribution in [-0.2, 0) is 10.0 Å². The van der Waals surface area contributed by atoms with E-state index in [0.29, 0.717) is 5.69 Å². The summed E-state index contributed by atoms with van der Waals surface area (Å²) in [6.07, 6.45) is 0. The Hall–Kier alpha value is -3.46. The number of alkyl halides is 2. The second-order valence-corrected chi connectivity index (χ2v) is 8.00. The van der Waals surface area contributed by atoms with Crippen LogP contribution in [0.4, 0.5) is 20.2 Å². The lowest BCUT2D eigenvalue weighted by Gasteiger charge is -2.13. The molecule has 3 aromatic carbocycles. The molecule has 0 bridgehead atoms. The number of benzene rings is 3. The van der Waals surface area contributed by atoms with E-state index >= 15 is 0 Å². The van der Waals surface area contributed by atoms with Gasteiger partial charge in [0.05, 0.1) is 16.1 Å². The number of carbonyl (C=O) groups excluding carboxylic acids is 1. The van der Waals surface area contributed by atoms with Crippen molar-refractivity contribution in [3.8, 4) is 5.75 Å². The molecule has 0 atom stereocenters. The fourth-order valence-corrected chi connectivity index (χ4v) is 3.69. The molecular formula is C21H18F2N2O4S. The molecule has 1 amide bonds. The first kappa shape index (κ1) is 21.3. The average Bonchev–Trinajstić information content (AvgIpc) is 2.69. The number of rotatable bonds is 7. The number of sulfonamides is 1. The van der Waals surface area contributed by atoms with Gasteiger partial charge in [0.15, 0.2) is 0 Å². The van der Waals surface area contributed by atoms with Gasteiger partial charge in [0, 0.05) is 5.69 Å². The number of hydrogen-bond donors (Lipinski definition) is 2. The Labute approximate surface area is 172 Å². The van der Waals surface area contributed by atoms with Crippen molar-refractivity contribution in [1.29, 1.82) is 0 Å². The summed E-state index contributed by atoms with van der Waals surface area (Å²) in [7, 11) is -3.89.